The second-order valence-corrected chi connectivity index (χ2v) is 5.52. The molecule has 3 nitrogen and oxygen atoms in total. The van der Waals surface area contributed by atoms with Crippen LogP contribution in [0.2, 0.25) is 0 Å². The van der Waals surface area contributed by atoms with E-state index in [9.17, 15) is 9.59 Å². The monoisotopic (exact) mass is 243 g/mol. The van der Waals surface area contributed by atoms with Gasteiger partial charge >= 0.3 is 0 Å². The Kier molecular flexibility index (Phi) is 2.69. The number of amides is 1. The van der Waals surface area contributed by atoms with Crippen LogP contribution in [0.4, 0.5) is 0 Å². The molecule has 18 heavy (non-hydrogen) atoms. The van der Waals surface area contributed by atoms with Gasteiger partial charge in [0.25, 0.3) is 0 Å². The lowest BCUT2D eigenvalue weighted by molar-refractivity contribution is -0.124. The van der Waals surface area contributed by atoms with Crippen LogP contribution in [0.25, 0.3) is 0 Å². The highest BCUT2D eigenvalue weighted by Crippen LogP contribution is 2.53. The van der Waals surface area contributed by atoms with Gasteiger partial charge in [-0.2, -0.15) is 0 Å². The summed E-state index contributed by atoms with van der Waals surface area (Å²) in [6.07, 6.45) is 3.12. The molecule has 1 aromatic carbocycles. The van der Waals surface area contributed by atoms with Crippen molar-refractivity contribution in [2.24, 2.45) is 29.4 Å². The molecule has 4 atom stereocenters. The minimum Gasteiger partial charge on any atom is -0.369 e. The Labute approximate surface area is 106 Å². The number of hydrogen-bond donors (Lipinski definition) is 1. The minimum absolute atomic E-state index is 0.103. The molecule has 94 valence electrons. The highest BCUT2D eigenvalue weighted by molar-refractivity contribution is 6.01. The third-order valence-corrected chi connectivity index (χ3v) is 4.61. The summed E-state index contributed by atoms with van der Waals surface area (Å²) in [4.78, 5) is 24.2. The summed E-state index contributed by atoms with van der Waals surface area (Å²) in [7, 11) is 0. The van der Waals surface area contributed by atoms with Gasteiger partial charge in [0.1, 0.15) is 0 Å². The first kappa shape index (κ1) is 11.5. The zero-order chi connectivity index (χ0) is 12.7. The molecule has 2 N–H and O–H groups in total. The molecule has 0 unspecified atom stereocenters. The van der Waals surface area contributed by atoms with Gasteiger partial charge in [0.2, 0.25) is 5.91 Å². The maximum atomic E-state index is 12.5. The van der Waals surface area contributed by atoms with E-state index in [0.29, 0.717) is 17.4 Å². The summed E-state index contributed by atoms with van der Waals surface area (Å²) in [6, 6.07) is 9.27. The smallest absolute Gasteiger partial charge is 0.221 e. The molecular weight excluding hydrogens is 226 g/mol. The molecule has 0 heterocycles. The van der Waals surface area contributed by atoms with E-state index in [-0.39, 0.29) is 23.5 Å². The molecule has 0 aliphatic heterocycles. The van der Waals surface area contributed by atoms with Crippen LogP contribution in [-0.2, 0) is 4.79 Å². The number of fused-ring (bicyclic) bond motifs is 2. The Morgan fingerprint density at radius 1 is 1.00 bits per heavy atom. The standard InChI is InChI=1S/C15H17NO2/c16-15(18)13-11-7-6-10(8-11)12(13)14(17)9-4-2-1-3-5-9/h1-5,10-13H,6-8H2,(H2,16,18)/t10-,11+,12-,13+/m1/s1. The van der Waals surface area contributed by atoms with Gasteiger partial charge in [-0.3, -0.25) is 9.59 Å². The molecule has 0 aromatic heterocycles. The molecule has 3 rings (SSSR count). The normalized spacial score (nSPS) is 33.6. The lowest BCUT2D eigenvalue weighted by atomic mass is 9.75. The zero-order valence-electron chi connectivity index (χ0n) is 10.2. The number of carbonyl (C=O) groups excluding carboxylic acids is 2. The largest absolute Gasteiger partial charge is 0.369 e. The van der Waals surface area contributed by atoms with Gasteiger partial charge in [0.05, 0.1) is 5.92 Å². The van der Waals surface area contributed by atoms with Gasteiger partial charge in [-0.25, -0.2) is 0 Å². The second kappa shape index (κ2) is 4.23. The van der Waals surface area contributed by atoms with Crippen LogP contribution in [0.15, 0.2) is 30.3 Å². The summed E-state index contributed by atoms with van der Waals surface area (Å²) < 4.78 is 0. The zero-order valence-corrected chi connectivity index (χ0v) is 10.2. The van der Waals surface area contributed by atoms with Crippen LogP contribution in [-0.4, -0.2) is 11.7 Å². The van der Waals surface area contributed by atoms with E-state index in [2.05, 4.69) is 0 Å². The first-order valence-corrected chi connectivity index (χ1v) is 6.57. The van der Waals surface area contributed by atoms with E-state index in [1.54, 1.807) is 0 Å². The van der Waals surface area contributed by atoms with E-state index in [1.807, 2.05) is 30.3 Å². The Balaban J connectivity index is 1.91. The number of primary amides is 1. The van der Waals surface area contributed by atoms with Gasteiger partial charge in [-0.05, 0) is 31.1 Å². The number of rotatable bonds is 3. The van der Waals surface area contributed by atoms with Crippen molar-refractivity contribution in [3.63, 3.8) is 0 Å². The highest BCUT2D eigenvalue weighted by atomic mass is 16.1. The van der Waals surface area contributed by atoms with Crippen LogP contribution in [0.1, 0.15) is 29.6 Å². The minimum atomic E-state index is -0.295. The average molecular weight is 243 g/mol. The highest BCUT2D eigenvalue weighted by Gasteiger charge is 2.52. The van der Waals surface area contributed by atoms with Crippen LogP contribution in [0.3, 0.4) is 0 Å². The lowest BCUT2D eigenvalue weighted by Gasteiger charge is -2.27. The van der Waals surface area contributed by atoms with Gasteiger partial charge in [0.15, 0.2) is 5.78 Å². The van der Waals surface area contributed by atoms with Gasteiger partial charge in [0, 0.05) is 11.5 Å². The molecule has 2 aliphatic carbocycles. The summed E-state index contributed by atoms with van der Waals surface area (Å²) in [5.74, 6) is 0.0913. The van der Waals surface area contributed by atoms with Crippen molar-refractivity contribution in [3.05, 3.63) is 35.9 Å². The summed E-state index contributed by atoms with van der Waals surface area (Å²) in [5, 5.41) is 0. The Morgan fingerprint density at radius 2 is 1.61 bits per heavy atom. The molecule has 0 spiro atoms. The van der Waals surface area contributed by atoms with Crippen molar-refractivity contribution in [2.45, 2.75) is 19.3 Å². The fourth-order valence-electron chi connectivity index (χ4n) is 3.87. The number of nitrogens with two attached hydrogens (primary N) is 1. The fourth-order valence-corrected chi connectivity index (χ4v) is 3.87. The van der Waals surface area contributed by atoms with E-state index in [4.69, 9.17) is 5.73 Å². The molecule has 0 saturated heterocycles. The van der Waals surface area contributed by atoms with E-state index < -0.39 is 0 Å². The van der Waals surface area contributed by atoms with Gasteiger partial charge in [-0.15, -0.1) is 0 Å². The number of benzene rings is 1. The quantitative estimate of drug-likeness (QED) is 0.825. The topological polar surface area (TPSA) is 60.2 Å². The number of ketones is 1. The van der Waals surface area contributed by atoms with E-state index >= 15 is 0 Å². The second-order valence-electron chi connectivity index (χ2n) is 5.52. The fraction of sp³-hybridized carbons (Fsp3) is 0.467. The first-order chi connectivity index (χ1) is 8.68. The molecule has 1 amide bonds. The lowest BCUT2D eigenvalue weighted by Crippen LogP contribution is -2.38. The summed E-state index contributed by atoms with van der Waals surface area (Å²) in [6.45, 7) is 0. The molecule has 2 saturated carbocycles. The first-order valence-electron chi connectivity index (χ1n) is 6.57. The van der Waals surface area contributed by atoms with Crippen molar-refractivity contribution in [2.75, 3.05) is 0 Å². The Bertz CT molecular complexity index is 483. The predicted molar refractivity (Wildman–Crippen MR) is 67.8 cm³/mol. The van der Waals surface area contributed by atoms with Gasteiger partial charge in [-0.1, -0.05) is 30.3 Å². The van der Waals surface area contributed by atoms with Crippen LogP contribution < -0.4 is 5.73 Å². The maximum absolute atomic E-state index is 12.5. The number of Topliss-reactive ketones (excluding diaryl/α,β-unsaturated/α-hetero) is 1. The third-order valence-electron chi connectivity index (χ3n) is 4.61. The SMILES string of the molecule is NC(=O)[C@H]1[C@H]2CC[C@H](C2)[C@H]1C(=O)c1ccccc1. The molecule has 2 fully saturated rings. The molecule has 2 aliphatic rings. The van der Waals surface area contributed by atoms with Crippen molar-refractivity contribution in [1.82, 2.24) is 0 Å². The van der Waals surface area contributed by atoms with E-state index in [0.717, 1.165) is 19.3 Å². The number of hydrogen-bond acceptors (Lipinski definition) is 2. The van der Waals surface area contributed by atoms with Crippen molar-refractivity contribution < 1.29 is 9.59 Å². The molecule has 3 heteroatoms. The summed E-state index contributed by atoms with van der Waals surface area (Å²) in [5.41, 5.74) is 6.21. The molecule has 0 radical (unpaired) electrons. The molecular formula is C15H17NO2. The van der Waals surface area contributed by atoms with E-state index in [1.165, 1.54) is 0 Å². The predicted octanol–water partition coefficient (Wildman–Crippen LogP) is 2.02. The van der Waals surface area contributed by atoms with Crippen molar-refractivity contribution in [3.8, 4) is 0 Å². The van der Waals surface area contributed by atoms with Crippen LogP contribution in [0.5, 0.6) is 0 Å². The maximum Gasteiger partial charge on any atom is 0.221 e. The average Bonchev–Trinajstić information content (AvgIpc) is 2.99. The van der Waals surface area contributed by atoms with Crippen molar-refractivity contribution >= 4 is 11.7 Å². The van der Waals surface area contributed by atoms with Crippen LogP contribution in [0, 0.1) is 23.7 Å². The summed E-state index contributed by atoms with van der Waals surface area (Å²) >= 11 is 0. The van der Waals surface area contributed by atoms with Gasteiger partial charge < -0.3 is 5.73 Å². The molecule has 2 bridgehead atoms. The Hall–Kier alpha value is -1.64. The third kappa shape index (κ3) is 1.65. The Morgan fingerprint density at radius 3 is 2.22 bits per heavy atom. The van der Waals surface area contributed by atoms with Crippen LogP contribution >= 0.6 is 0 Å². The van der Waals surface area contributed by atoms with Crippen molar-refractivity contribution in [1.29, 1.82) is 0 Å². The number of carbonyl (C=O) groups is 2. The molecule has 1 aromatic rings.